The summed E-state index contributed by atoms with van der Waals surface area (Å²) in [5.74, 6) is -0.172. The van der Waals surface area contributed by atoms with Gasteiger partial charge < -0.3 is 10.6 Å². The monoisotopic (exact) mass is 299 g/mol. The van der Waals surface area contributed by atoms with Crippen LogP contribution in [-0.4, -0.2) is 17.4 Å². The number of amides is 1. The minimum Gasteiger partial charge on any atom is -0.376 e. The van der Waals surface area contributed by atoms with Gasteiger partial charge in [-0.25, -0.2) is 0 Å². The first kappa shape index (κ1) is 15.5. The van der Waals surface area contributed by atoms with Crippen LogP contribution in [0.5, 0.6) is 0 Å². The molecule has 0 radical (unpaired) electrons. The van der Waals surface area contributed by atoms with E-state index in [2.05, 4.69) is 10.6 Å². The van der Waals surface area contributed by atoms with E-state index in [1.54, 1.807) is 12.1 Å². The predicted octanol–water partition coefficient (Wildman–Crippen LogP) is 2.63. The molecular weight excluding hydrogens is 282 g/mol. The van der Waals surface area contributed by atoms with Crippen LogP contribution in [0.1, 0.15) is 11.1 Å². The zero-order valence-corrected chi connectivity index (χ0v) is 12.2. The molecule has 1 amide bonds. The van der Waals surface area contributed by atoms with Crippen LogP contribution in [-0.2, 0) is 11.3 Å². The quantitative estimate of drug-likeness (QED) is 0.634. The van der Waals surface area contributed by atoms with Crippen molar-refractivity contribution in [2.24, 2.45) is 0 Å². The fourth-order valence-corrected chi connectivity index (χ4v) is 1.98. The van der Waals surface area contributed by atoms with Crippen LogP contribution >= 0.6 is 0 Å². The van der Waals surface area contributed by atoms with Crippen molar-refractivity contribution < 1.29 is 9.72 Å². The van der Waals surface area contributed by atoms with Gasteiger partial charge in [-0.15, -0.1) is 0 Å². The first-order valence-electron chi connectivity index (χ1n) is 6.86. The van der Waals surface area contributed by atoms with Crippen molar-refractivity contribution in [2.75, 3.05) is 11.9 Å². The molecule has 0 spiro atoms. The van der Waals surface area contributed by atoms with E-state index in [4.69, 9.17) is 0 Å². The summed E-state index contributed by atoms with van der Waals surface area (Å²) < 4.78 is 0. The summed E-state index contributed by atoms with van der Waals surface area (Å²) in [4.78, 5) is 22.0. The lowest BCUT2D eigenvalue weighted by Crippen LogP contribution is -2.29. The molecule has 2 aromatic rings. The van der Waals surface area contributed by atoms with Gasteiger partial charge >= 0.3 is 0 Å². The third-order valence-electron chi connectivity index (χ3n) is 3.25. The van der Waals surface area contributed by atoms with Crippen molar-refractivity contribution in [3.8, 4) is 0 Å². The van der Waals surface area contributed by atoms with Gasteiger partial charge in [-0.2, -0.15) is 0 Å². The van der Waals surface area contributed by atoms with Crippen molar-refractivity contribution >= 4 is 17.3 Å². The number of nitro benzene ring substituents is 1. The van der Waals surface area contributed by atoms with E-state index < -0.39 is 4.92 Å². The number of benzene rings is 2. The van der Waals surface area contributed by atoms with E-state index in [1.807, 2.05) is 31.2 Å². The zero-order valence-electron chi connectivity index (χ0n) is 12.2. The molecule has 6 heteroatoms. The van der Waals surface area contributed by atoms with E-state index in [9.17, 15) is 14.9 Å². The average Bonchev–Trinajstić information content (AvgIpc) is 2.52. The third kappa shape index (κ3) is 4.31. The second-order valence-corrected chi connectivity index (χ2v) is 4.86. The lowest BCUT2D eigenvalue weighted by Gasteiger charge is -2.09. The minimum atomic E-state index is -0.469. The highest BCUT2D eigenvalue weighted by Crippen LogP contribution is 2.16. The number of rotatable bonds is 6. The third-order valence-corrected chi connectivity index (χ3v) is 3.25. The molecule has 0 unspecified atom stereocenters. The van der Waals surface area contributed by atoms with Gasteiger partial charge in [0, 0.05) is 24.4 Å². The highest BCUT2D eigenvalue weighted by Gasteiger charge is 2.07. The number of aryl methyl sites for hydroxylation is 1. The van der Waals surface area contributed by atoms with E-state index in [0.29, 0.717) is 12.2 Å². The topological polar surface area (TPSA) is 84.3 Å². The second kappa shape index (κ2) is 7.21. The Morgan fingerprint density at radius 1 is 1.18 bits per heavy atom. The van der Waals surface area contributed by atoms with Crippen LogP contribution in [0, 0.1) is 17.0 Å². The number of hydrogen-bond acceptors (Lipinski definition) is 4. The van der Waals surface area contributed by atoms with Crippen LogP contribution in [0.4, 0.5) is 11.4 Å². The van der Waals surface area contributed by atoms with Gasteiger partial charge in [0.25, 0.3) is 5.69 Å². The Kier molecular flexibility index (Phi) is 5.08. The lowest BCUT2D eigenvalue weighted by atomic mass is 10.1. The number of non-ortho nitro benzene ring substituents is 1. The average molecular weight is 299 g/mol. The van der Waals surface area contributed by atoms with Crippen molar-refractivity contribution in [2.45, 2.75) is 13.5 Å². The summed E-state index contributed by atoms with van der Waals surface area (Å²) in [6.45, 7) is 2.51. The first-order valence-corrected chi connectivity index (χ1v) is 6.86. The minimum absolute atomic E-state index is 0.00896. The van der Waals surface area contributed by atoms with Gasteiger partial charge in [0.1, 0.15) is 0 Å². The molecule has 6 nitrogen and oxygen atoms in total. The Labute approximate surface area is 128 Å². The second-order valence-electron chi connectivity index (χ2n) is 4.86. The van der Waals surface area contributed by atoms with E-state index in [1.165, 1.54) is 12.1 Å². The molecule has 2 aromatic carbocycles. The van der Waals surface area contributed by atoms with Crippen molar-refractivity contribution in [1.29, 1.82) is 0 Å². The molecule has 0 aliphatic carbocycles. The van der Waals surface area contributed by atoms with Gasteiger partial charge in [-0.05, 0) is 24.1 Å². The molecule has 0 aliphatic heterocycles. The summed E-state index contributed by atoms with van der Waals surface area (Å²) in [7, 11) is 0. The van der Waals surface area contributed by atoms with Crippen molar-refractivity contribution in [3.05, 3.63) is 69.8 Å². The smallest absolute Gasteiger partial charge is 0.271 e. The number of nitrogens with one attached hydrogen (secondary N) is 2. The standard InChI is InChI=1S/C16H17N3O3/c1-12-5-2-3-6-13(12)10-18-16(20)11-17-14-7-4-8-15(9-14)19(21)22/h2-9,17H,10-11H2,1H3,(H,18,20). The number of carbonyl (C=O) groups excluding carboxylic acids is 1. The number of nitro groups is 1. The van der Waals surface area contributed by atoms with Crippen LogP contribution in [0.3, 0.4) is 0 Å². The van der Waals surface area contributed by atoms with Crippen LogP contribution in [0.25, 0.3) is 0 Å². The predicted molar refractivity (Wildman–Crippen MR) is 84.6 cm³/mol. The summed E-state index contributed by atoms with van der Waals surface area (Å²) >= 11 is 0. The van der Waals surface area contributed by atoms with E-state index >= 15 is 0 Å². The molecule has 0 heterocycles. The molecule has 0 aromatic heterocycles. The highest BCUT2D eigenvalue weighted by atomic mass is 16.6. The number of hydrogen-bond donors (Lipinski definition) is 2. The highest BCUT2D eigenvalue weighted by molar-refractivity contribution is 5.80. The largest absolute Gasteiger partial charge is 0.376 e. The zero-order chi connectivity index (χ0) is 15.9. The fourth-order valence-electron chi connectivity index (χ4n) is 1.98. The molecule has 22 heavy (non-hydrogen) atoms. The molecule has 114 valence electrons. The number of carbonyl (C=O) groups is 1. The van der Waals surface area contributed by atoms with Crippen molar-refractivity contribution in [3.63, 3.8) is 0 Å². The van der Waals surface area contributed by atoms with E-state index in [-0.39, 0.29) is 18.1 Å². The van der Waals surface area contributed by atoms with E-state index in [0.717, 1.165) is 11.1 Å². The van der Waals surface area contributed by atoms with Gasteiger partial charge in [0.05, 0.1) is 11.5 Å². The normalized spacial score (nSPS) is 10.0. The SMILES string of the molecule is Cc1ccccc1CNC(=O)CNc1cccc([N+](=O)[O-])c1. The Morgan fingerprint density at radius 2 is 1.95 bits per heavy atom. The first-order chi connectivity index (χ1) is 10.6. The molecule has 0 saturated carbocycles. The molecule has 0 bridgehead atoms. The summed E-state index contributed by atoms with van der Waals surface area (Å²) in [5.41, 5.74) is 2.71. The van der Waals surface area contributed by atoms with Gasteiger partial charge in [-0.3, -0.25) is 14.9 Å². The molecular formula is C16H17N3O3. The Morgan fingerprint density at radius 3 is 2.68 bits per heavy atom. The Hall–Kier alpha value is -2.89. The Bertz CT molecular complexity index is 686. The van der Waals surface area contributed by atoms with Gasteiger partial charge in [0.15, 0.2) is 0 Å². The summed E-state index contributed by atoms with van der Waals surface area (Å²) in [5, 5.41) is 16.4. The maximum Gasteiger partial charge on any atom is 0.271 e. The number of nitrogens with zero attached hydrogens (tertiary/aromatic N) is 1. The Balaban J connectivity index is 1.84. The van der Waals surface area contributed by atoms with Gasteiger partial charge in [0.2, 0.25) is 5.91 Å². The van der Waals surface area contributed by atoms with Crippen molar-refractivity contribution in [1.82, 2.24) is 5.32 Å². The fraction of sp³-hybridized carbons (Fsp3) is 0.188. The maximum atomic E-state index is 11.8. The molecule has 0 saturated heterocycles. The number of anilines is 1. The van der Waals surface area contributed by atoms with Crippen LogP contribution in [0.15, 0.2) is 48.5 Å². The summed E-state index contributed by atoms with van der Waals surface area (Å²) in [6, 6.07) is 13.9. The van der Waals surface area contributed by atoms with Crippen LogP contribution in [0.2, 0.25) is 0 Å². The van der Waals surface area contributed by atoms with Crippen LogP contribution < -0.4 is 10.6 Å². The molecule has 0 fully saturated rings. The molecule has 0 aliphatic rings. The summed E-state index contributed by atoms with van der Waals surface area (Å²) in [6.07, 6.45) is 0. The maximum absolute atomic E-state index is 11.8. The molecule has 0 atom stereocenters. The van der Waals surface area contributed by atoms with Gasteiger partial charge in [-0.1, -0.05) is 30.3 Å². The lowest BCUT2D eigenvalue weighted by molar-refractivity contribution is -0.384. The molecule has 2 rings (SSSR count). The molecule has 2 N–H and O–H groups in total.